The number of nitriles is 1. The molecule has 14 nitrogen and oxygen atoms in total. The second-order valence-electron chi connectivity index (χ2n) is 12.2. The van der Waals surface area contributed by atoms with E-state index in [4.69, 9.17) is 21.5 Å². The number of ether oxygens (including phenoxy) is 1. The van der Waals surface area contributed by atoms with Crippen molar-refractivity contribution in [3.05, 3.63) is 53.3 Å². The summed E-state index contributed by atoms with van der Waals surface area (Å²) in [6.07, 6.45) is 2.88. The van der Waals surface area contributed by atoms with Crippen molar-refractivity contribution >= 4 is 45.0 Å². The van der Waals surface area contributed by atoms with Crippen molar-refractivity contribution in [2.24, 2.45) is 16.5 Å². The number of nitrogens with zero attached hydrogens (tertiary/aromatic N) is 5. The van der Waals surface area contributed by atoms with E-state index >= 15 is 0 Å². The Morgan fingerprint density at radius 3 is 2.35 bits per heavy atom. The number of pyridine rings is 1. The molecule has 1 atom stereocenters. The molecule has 5 heterocycles. The summed E-state index contributed by atoms with van der Waals surface area (Å²) in [5, 5.41) is 9.61. The van der Waals surface area contributed by atoms with Gasteiger partial charge in [0.1, 0.15) is 61.0 Å². The number of sulfonamides is 1. The van der Waals surface area contributed by atoms with Gasteiger partial charge in [0.2, 0.25) is 0 Å². The molecule has 3 aliphatic rings. The van der Waals surface area contributed by atoms with Crippen LogP contribution in [0.2, 0.25) is 0 Å². The lowest BCUT2D eigenvalue weighted by atomic mass is 10.1. The molecule has 3 aliphatic heterocycles. The summed E-state index contributed by atoms with van der Waals surface area (Å²) in [6.45, 7) is 12.0. The van der Waals surface area contributed by atoms with Crippen LogP contribution in [0.1, 0.15) is 35.4 Å². The van der Waals surface area contributed by atoms with E-state index in [9.17, 15) is 22.8 Å². The van der Waals surface area contributed by atoms with Crippen LogP contribution in [0.4, 0.5) is 0 Å². The Kier molecular flexibility index (Phi) is 10.1. The molecule has 1 unspecified atom stereocenters. The molecule has 6 rings (SSSR count). The predicted molar refractivity (Wildman–Crippen MR) is 171 cm³/mol. The molecule has 0 aliphatic carbocycles. The average molecular weight is 691 g/mol. The zero-order chi connectivity index (χ0) is 33.2. The Morgan fingerprint density at radius 2 is 1.78 bits per heavy atom. The summed E-state index contributed by atoms with van der Waals surface area (Å²) >= 11 is 0.974. The normalized spacial score (nSPS) is 22.0. The monoisotopic (exact) mass is 690 g/mol. The van der Waals surface area contributed by atoms with Crippen LogP contribution in [0.3, 0.4) is 0 Å². The average Bonchev–Trinajstić information content (AvgIpc) is 3.37. The van der Waals surface area contributed by atoms with Gasteiger partial charge in [0.25, 0.3) is 10.0 Å². The third-order valence-corrected chi connectivity index (χ3v) is 13.7. The topological polar surface area (TPSA) is 220 Å². The molecule has 2 bridgehead atoms. The molecule has 0 amide bonds. The maximum atomic E-state index is 13.4. The number of hydrogen-bond acceptors (Lipinski definition) is 10. The fourth-order valence-corrected chi connectivity index (χ4v) is 10.8. The van der Waals surface area contributed by atoms with Crippen molar-refractivity contribution in [3.8, 4) is 11.8 Å². The number of aryl methyl sites for hydroxylation is 1. The highest BCUT2D eigenvalue weighted by Crippen LogP contribution is 2.44. The zero-order valence-electron chi connectivity index (χ0n) is 25.6. The van der Waals surface area contributed by atoms with E-state index in [1.54, 1.807) is 31.2 Å². The Hall–Kier alpha value is -3.13. The standard InChI is InChI=1S/C29H39N8O6PS2/c1-21-25-18-24(43-17-3-10-37-14-11-36(12-15-37,13-16-37)9-2-8-33-29(31)32)6-7-26(25)45-28(21)46(41,42)35-27(44(38,39)40)22-4-5-23(19-30)34-20-22/h4-7,18,20,27,35H,2-3,8-17H2,1H3,(H4-2,31,32,33,38,39,40). The van der Waals surface area contributed by atoms with Crippen molar-refractivity contribution in [1.29, 1.82) is 5.26 Å². The fraction of sp³-hybridized carbons (Fsp3) is 0.483. The number of aliphatic imine (C=N–C) groups is 1. The number of piperazine rings is 3. The molecule has 0 saturated carbocycles. The van der Waals surface area contributed by atoms with Crippen LogP contribution in [-0.2, 0) is 14.6 Å². The zero-order valence-corrected chi connectivity index (χ0v) is 28.2. The number of aromatic nitrogens is 1. The van der Waals surface area contributed by atoms with Gasteiger partial charge in [-0.1, -0.05) is 6.07 Å². The van der Waals surface area contributed by atoms with Gasteiger partial charge in [0, 0.05) is 35.7 Å². The number of fused-ring (bicyclic) bond motifs is 4. The van der Waals surface area contributed by atoms with Crippen molar-refractivity contribution in [1.82, 2.24) is 9.71 Å². The van der Waals surface area contributed by atoms with Crippen LogP contribution < -0.4 is 30.7 Å². The number of benzene rings is 1. The minimum atomic E-state index is -5.48. The first kappa shape index (κ1) is 34.2. The quantitative estimate of drug-likeness (QED) is 0.0697. The Bertz CT molecular complexity index is 1770. The van der Waals surface area contributed by atoms with Gasteiger partial charge in [0.15, 0.2) is 5.96 Å². The van der Waals surface area contributed by atoms with E-state index in [0.29, 0.717) is 34.6 Å². The van der Waals surface area contributed by atoms with Gasteiger partial charge in [-0.15, -0.1) is 11.3 Å². The number of quaternary nitrogens is 2. The van der Waals surface area contributed by atoms with Crippen LogP contribution in [0.5, 0.6) is 5.75 Å². The minimum absolute atomic E-state index is 0.00376. The van der Waals surface area contributed by atoms with E-state index < -0.39 is 23.4 Å². The minimum Gasteiger partial charge on any atom is -0.809 e. The highest BCUT2D eigenvalue weighted by atomic mass is 32.2. The molecular formula is C29H39N8O6PS2. The van der Waals surface area contributed by atoms with E-state index in [-0.39, 0.29) is 21.4 Å². The molecule has 0 spiro atoms. The smallest absolute Gasteiger partial charge is 0.251 e. The van der Waals surface area contributed by atoms with Gasteiger partial charge in [-0.25, -0.2) is 13.4 Å². The molecule has 0 radical (unpaired) electrons. The summed E-state index contributed by atoms with van der Waals surface area (Å²) in [6, 6.07) is 9.55. The van der Waals surface area contributed by atoms with Crippen molar-refractivity contribution in [3.63, 3.8) is 0 Å². The maximum Gasteiger partial charge on any atom is 0.251 e. The molecule has 2 aromatic heterocycles. The van der Waals surface area contributed by atoms with Crippen LogP contribution in [0, 0.1) is 18.3 Å². The van der Waals surface area contributed by atoms with Crippen LogP contribution >= 0.6 is 18.9 Å². The highest BCUT2D eigenvalue weighted by molar-refractivity contribution is 7.92. The third-order valence-electron chi connectivity index (χ3n) is 9.18. The number of rotatable bonds is 14. The van der Waals surface area contributed by atoms with Gasteiger partial charge in [-0.05, 0) is 49.9 Å². The number of guanidine groups is 1. The van der Waals surface area contributed by atoms with E-state index in [1.807, 2.05) is 4.72 Å². The second-order valence-corrected chi connectivity index (χ2v) is 16.7. The van der Waals surface area contributed by atoms with Crippen molar-refractivity contribution in [2.75, 3.05) is 65.5 Å². The maximum absolute atomic E-state index is 13.4. The number of nitrogens with one attached hydrogen (secondary N) is 1. The molecule has 46 heavy (non-hydrogen) atoms. The Balaban J connectivity index is 1.19. The lowest BCUT2D eigenvalue weighted by molar-refractivity contribution is -1.08. The summed E-state index contributed by atoms with van der Waals surface area (Å²) in [5.74, 6) is -1.32. The van der Waals surface area contributed by atoms with E-state index in [0.717, 1.165) is 72.1 Å². The molecular weight excluding hydrogens is 651 g/mol. The summed E-state index contributed by atoms with van der Waals surface area (Å²) in [4.78, 5) is 32.0. The molecule has 5 N–H and O–H groups in total. The second kappa shape index (κ2) is 13.5. The summed E-state index contributed by atoms with van der Waals surface area (Å²) < 4.78 is 49.8. The molecule has 17 heteroatoms. The molecule has 3 saturated heterocycles. The first-order valence-corrected chi connectivity index (χ1v) is 19.0. The van der Waals surface area contributed by atoms with Crippen LogP contribution in [0.25, 0.3) is 10.1 Å². The number of nitrogens with two attached hydrogens (primary N) is 2. The van der Waals surface area contributed by atoms with E-state index in [2.05, 4.69) is 9.98 Å². The summed E-state index contributed by atoms with van der Waals surface area (Å²) in [7, 11) is -9.90. The highest BCUT2D eigenvalue weighted by Gasteiger charge is 2.48. The van der Waals surface area contributed by atoms with E-state index in [1.165, 1.54) is 31.8 Å². The largest absolute Gasteiger partial charge is 0.809 e. The van der Waals surface area contributed by atoms with Gasteiger partial charge in [0.05, 0.1) is 25.5 Å². The van der Waals surface area contributed by atoms with Crippen molar-refractivity contribution < 1.29 is 36.5 Å². The fourth-order valence-electron chi connectivity index (χ4n) is 6.49. The number of thiophene rings is 1. The van der Waals surface area contributed by atoms with Crippen LogP contribution in [-0.4, -0.2) is 93.8 Å². The first-order chi connectivity index (χ1) is 21.7. The first-order valence-electron chi connectivity index (χ1n) is 15.1. The lowest BCUT2D eigenvalue weighted by Crippen LogP contribution is -2.75. The van der Waals surface area contributed by atoms with Crippen LogP contribution in [0.15, 0.2) is 45.7 Å². The molecule has 1 aromatic carbocycles. The Morgan fingerprint density at radius 1 is 1.13 bits per heavy atom. The summed E-state index contributed by atoms with van der Waals surface area (Å²) in [5.41, 5.74) is 11.1. The van der Waals surface area contributed by atoms with Gasteiger partial charge >= 0.3 is 0 Å². The van der Waals surface area contributed by atoms with Gasteiger partial charge < -0.3 is 39.5 Å². The van der Waals surface area contributed by atoms with Gasteiger partial charge in [-0.3, -0.25) is 4.99 Å². The number of hydrogen-bond donors (Lipinski definition) is 3. The molecule has 3 fully saturated rings. The molecule has 3 aromatic rings. The lowest BCUT2D eigenvalue weighted by Gasteiger charge is -2.55. The molecule has 248 valence electrons. The van der Waals surface area contributed by atoms with Gasteiger partial charge in [-0.2, -0.15) is 9.98 Å². The predicted octanol–water partition coefficient (Wildman–Crippen LogP) is 0.460. The van der Waals surface area contributed by atoms with Crippen molar-refractivity contribution in [2.45, 2.75) is 29.8 Å². The SMILES string of the molecule is Cc1c(S(=O)(=O)NC(c2ccc(C#N)nc2)P(=O)([O-])[O-])sc2ccc(OCCC[N+]34CC[N+](CCCN=C(N)N)(CC3)CC4)cc12. The Labute approximate surface area is 272 Å². The third kappa shape index (κ3) is 7.70.